The molecule has 0 spiro atoms. The first-order chi connectivity index (χ1) is 12.7. The van der Waals surface area contributed by atoms with Crippen molar-refractivity contribution in [3.05, 3.63) is 36.0 Å². The molecule has 4 rings (SSSR count). The largest absolute Gasteiger partial charge is 0.438 e. The molecule has 1 saturated heterocycles. The standard InChI is InChI=1S/C17H20N6O3/c1-25-10-16-20-13-8-11(2-3-15(13)26-16)19-17(24)14-9-23(22-21-14)12-4-6-18-7-5-12/h2-3,8-9,12,18H,4-7,10H2,1H3,(H,19,24). The molecule has 0 radical (unpaired) electrons. The third-order valence-electron chi connectivity index (χ3n) is 4.38. The van der Waals surface area contributed by atoms with Gasteiger partial charge in [-0.25, -0.2) is 9.67 Å². The predicted molar refractivity (Wildman–Crippen MR) is 93.8 cm³/mol. The van der Waals surface area contributed by atoms with Crippen LogP contribution < -0.4 is 10.6 Å². The molecule has 2 aromatic heterocycles. The summed E-state index contributed by atoms with van der Waals surface area (Å²) < 4.78 is 12.3. The molecule has 0 atom stereocenters. The lowest BCUT2D eigenvalue weighted by atomic mass is 10.1. The first kappa shape index (κ1) is 16.7. The van der Waals surface area contributed by atoms with Gasteiger partial charge in [0.25, 0.3) is 5.91 Å². The Balaban J connectivity index is 1.47. The van der Waals surface area contributed by atoms with E-state index in [1.165, 1.54) is 0 Å². The van der Waals surface area contributed by atoms with E-state index < -0.39 is 0 Å². The molecule has 136 valence electrons. The second kappa shape index (κ2) is 7.22. The van der Waals surface area contributed by atoms with Gasteiger partial charge in [-0.3, -0.25) is 4.79 Å². The van der Waals surface area contributed by atoms with Gasteiger partial charge in [0.05, 0.1) is 12.2 Å². The Morgan fingerprint density at radius 2 is 2.27 bits per heavy atom. The van der Waals surface area contributed by atoms with Gasteiger partial charge < -0.3 is 19.8 Å². The zero-order valence-corrected chi connectivity index (χ0v) is 14.4. The van der Waals surface area contributed by atoms with Crippen molar-refractivity contribution in [3.63, 3.8) is 0 Å². The molecule has 0 unspecified atom stereocenters. The van der Waals surface area contributed by atoms with E-state index in [9.17, 15) is 4.79 Å². The number of carbonyl (C=O) groups is 1. The molecule has 1 aliphatic rings. The summed E-state index contributed by atoms with van der Waals surface area (Å²) in [4.78, 5) is 16.8. The highest BCUT2D eigenvalue weighted by Gasteiger charge is 2.19. The minimum absolute atomic E-state index is 0.288. The van der Waals surface area contributed by atoms with Crippen molar-refractivity contribution in [3.8, 4) is 0 Å². The third kappa shape index (κ3) is 3.44. The van der Waals surface area contributed by atoms with E-state index in [1.807, 2.05) is 0 Å². The van der Waals surface area contributed by atoms with Crippen LogP contribution >= 0.6 is 0 Å². The Morgan fingerprint density at radius 1 is 1.42 bits per heavy atom. The maximum absolute atomic E-state index is 12.5. The highest BCUT2D eigenvalue weighted by atomic mass is 16.5. The number of anilines is 1. The first-order valence-corrected chi connectivity index (χ1v) is 8.55. The number of oxazole rings is 1. The maximum atomic E-state index is 12.5. The minimum atomic E-state index is -0.301. The zero-order chi connectivity index (χ0) is 17.9. The number of amides is 1. The van der Waals surface area contributed by atoms with Crippen molar-refractivity contribution in [2.24, 2.45) is 0 Å². The number of carbonyl (C=O) groups excluding carboxylic acids is 1. The topological polar surface area (TPSA) is 107 Å². The number of benzene rings is 1. The molecule has 9 heteroatoms. The van der Waals surface area contributed by atoms with Gasteiger partial charge in [-0.05, 0) is 44.1 Å². The van der Waals surface area contributed by atoms with E-state index in [4.69, 9.17) is 9.15 Å². The molecule has 0 saturated carbocycles. The molecule has 1 fully saturated rings. The summed E-state index contributed by atoms with van der Waals surface area (Å²) >= 11 is 0. The highest BCUT2D eigenvalue weighted by Crippen LogP contribution is 2.21. The number of ether oxygens (including phenoxy) is 1. The fraction of sp³-hybridized carbons (Fsp3) is 0.412. The van der Waals surface area contributed by atoms with E-state index >= 15 is 0 Å². The molecule has 3 heterocycles. The van der Waals surface area contributed by atoms with Crippen LogP contribution in [0.15, 0.2) is 28.8 Å². The molecule has 2 N–H and O–H groups in total. The second-order valence-electron chi connectivity index (χ2n) is 6.24. The Hall–Kier alpha value is -2.78. The van der Waals surface area contributed by atoms with Crippen molar-refractivity contribution in [2.75, 3.05) is 25.5 Å². The number of piperidine rings is 1. The molecule has 9 nitrogen and oxygen atoms in total. The van der Waals surface area contributed by atoms with Gasteiger partial charge in [0.15, 0.2) is 11.3 Å². The van der Waals surface area contributed by atoms with Crippen LogP contribution in [-0.4, -0.2) is 46.1 Å². The smallest absolute Gasteiger partial charge is 0.277 e. The molecule has 1 amide bonds. The molecule has 0 bridgehead atoms. The van der Waals surface area contributed by atoms with Gasteiger partial charge in [0.2, 0.25) is 5.89 Å². The average molecular weight is 356 g/mol. The van der Waals surface area contributed by atoms with E-state index in [0.29, 0.717) is 35.0 Å². The lowest BCUT2D eigenvalue weighted by molar-refractivity contribution is 0.102. The van der Waals surface area contributed by atoms with Crippen molar-refractivity contribution in [1.82, 2.24) is 25.3 Å². The fourth-order valence-corrected chi connectivity index (χ4v) is 3.06. The fourth-order valence-electron chi connectivity index (χ4n) is 3.06. The summed E-state index contributed by atoms with van der Waals surface area (Å²) in [7, 11) is 1.58. The van der Waals surface area contributed by atoms with Gasteiger partial charge in [0, 0.05) is 12.8 Å². The molecule has 1 aromatic carbocycles. The Labute approximate surface area is 149 Å². The second-order valence-corrected chi connectivity index (χ2v) is 6.24. The molecule has 1 aliphatic heterocycles. The van der Waals surface area contributed by atoms with Gasteiger partial charge in [-0.1, -0.05) is 5.21 Å². The number of aromatic nitrogens is 4. The maximum Gasteiger partial charge on any atom is 0.277 e. The summed E-state index contributed by atoms with van der Waals surface area (Å²) in [5.41, 5.74) is 2.22. The highest BCUT2D eigenvalue weighted by molar-refractivity contribution is 6.03. The normalized spacial score (nSPS) is 15.4. The molecule has 26 heavy (non-hydrogen) atoms. The number of methoxy groups -OCH3 is 1. The van der Waals surface area contributed by atoms with Crippen LogP contribution in [0.2, 0.25) is 0 Å². The molecule has 0 aliphatic carbocycles. The molecular weight excluding hydrogens is 336 g/mol. The number of hydrogen-bond donors (Lipinski definition) is 2. The van der Waals surface area contributed by atoms with E-state index in [0.717, 1.165) is 25.9 Å². The lowest BCUT2D eigenvalue weighted by Gasteiger charge is -2.22. The number of rotatable bonds is 5. The van der Waals surface area contributed by atoms with Crippen molar-refractivity contribution < 1.29 is 13.9 Å². The summed E-state index contributed by atoms with van der Waals surface area (Å²) in [6, 6.07) is 5.57. The van der Waals surface area contributed by atoms with Crippen LogP contribution in [0.4, 0.5) is 5.69 Å². The van der Waals surface area contributed by atoms with Crippen molar-refractivity contribution in [2.45, 2.75) is 25.5 Å². The lowest BCUT2D eigenvalue weighted by Crippen LogP contribution is -2.29. The van der Waals surface area contributed by atoms with Crippen LogP contribution in [0, 0.1) is 0 Å². The van der Waals surface area contributed by atoms with Crippen LogP contribution in [0.3, 0.4) is 0 Å². The molecular formula is C17H20N6O3. The van der Waals surface area contributed by atoms with Gasteiger partial charge >= 0.3 is 0 Å². The average Bonchev–Trinajstić information content (AvgIpc) is 3.29. The zero-order valence-electron chi connectivity index (χ0n) is 14.4. The summed E-state index contributed by atoms with van der Waals surface area (Å²) in [5.74, 6) is 0.195. The third-order valence-corrected chi connectivity index (χ3v) is 4.38. The van der Waals surface area contributed by atoms with Crippen LogP contribution in [0.25, 0.3) is 11.1 Å². The predicted octanol–water partition coefficient (Wildman–Crippen LogP) is 1.74. The van der Waals surface area contributed by atoms with Gasteiger partial charge in [-0.2, -0.15) is 0 Å². The van der Waals surface area contributed by atoms with E-state index in [2.05, 4.69) is 25.9 Å². The summed E-state index contributed by atoms with van der Waals surface area (Å²) in [6.45, 7) is 2.21. The van der Waals surface area contributed by atoms with Crippen LogP contribution in [-0.2, 0) is 11.3 Å². The van der Waals surface area contributed by atoms with E-state index in [-0.39, 0.29) is 11.9 Å². The minimum Gasteiger partial charge on any atom is -0.438 e. The Morgan fingerprint density at radius 3 is 3.08 bits per heavy atom. The van der Waals surface area contributed by atoms with Crippen LogP contribution in [0.1, 0.15) is 35.3 Å². The Bertz CT molecular complexity index is 912. The van der Waals surface area contributed by atoms with Gasteiger partial charge in [-0.15, -0.1) is 5.10 Å². The number of nitrogens with one attached hydrogen (secondary N) is 2. The number of fused-ring (bicyclic) bond motifs is 1. The SMILES string of the molecule is COCc1nc2cc(NC(=O)c3cn(C4CCNCC4)nn3)ccc2o1. The summed E-state index contributed by atoms with van der Waals surface area (Å²) in [6.07, 6.45) is 3.67. The number of nitrogens with zero attached hydrogens (tertiary/aromatic N) is 4. The van der Waals surface area contributed by atoms with Crippen LogP contribution in [0.5, 0.6) is 0 Å². The quantitative estimate of drug-likeness (QED) is 0.717. The van der Waals surface area contributed by atoms with Crippen molar-refractivity contribution in [1.29, 1.82) is 0 Å². The Kier molecular flexibility index (Phi) is 4.63. The molecule has 3 aromatic rings. The number of hydrogen-bond acceptors (Lipinski definition) is 7. The first-order valence-electron chi connectivity index (χ1n) is 8.55. The van der Waals surface area contributed by atoms with E-state index in [1.54, 1.807) is 36.2 Å². The van der Waals surface area contributed by atoms with Crippen molar-refractivity contribution >= 4 is 22.7 Å². The summed E-state index contributed by atoms with van der Waals surface area (Å²) in [5, 5.41) is 14.3. The monoisotopic (exact) mass is 356 g/mol. The van der Waals surface area contributed by atoms with Gasteiger partial charge in [0.1, 0.15) is 12.1 Å².